The summed E-state index contributed by atoms with van der Waals surface area (Å²) in [4.78, 5) is 36.4. The molecule has 0 unspecified atom stereocenters. The quantitative estimate of drug-likeness (QED) is 0.712. The normalized spacial score (nSPS) is 10.5. The largest absolute Gasteiger partial charge is 0.481 e. The lowest BCUT2D eigenvalue weighted by atomic mass is 10.1. The molecule has 0 aliphatic heterocycles. The summed E-state index contributed by atoms with van der Waals surface area (Å²) in [5.41, 5.74) is 0.594. The fraction of sp³-hybridized carbons (Fsp3) is 0.471. The number of carboxylic acid groups (broad SMARTS) is 1. The highest BCUT2D eigenvalue weighted by molar-refractivity contribution is 5.97. The van der Waals surface area contributed by atoms with Crippen molar-refractivity contribution >= 4 is 17.7 Å². The Balaban J connectivity index is 2.55. The highest BCUT2D eigenvalue weighted by atomic mass is 16.4. The number of carbonyl (C=O) groups excluding carboxylic acids is 2. The van der Waals surface area contributed by atoms with Gasteiger partial charge in [0, 0.05) is 31.5 Å². The van der Waals surface area contributed by atoms with E-state index < -0.39 is 5.97 Å². The zero-order chi connectivity index (χ0) is 16.5. The van der Waals surface area contributed by atoms with Crippen molar-refractivity contribution in [2.75, 3.05) is 13.1 Å². The lowest BCUT2D eigenvalue weighted by Gasteiger charge is -2.24. The minimum atomic E-state index is -0.929. The number of hydrogen-bond acceptors (Lipinski definition) is 3. The van der Waals surface area contributed by atoms with Crippen molar-refractivity contribution < 1.29 is 19.5 Å². The van der Waals surface area contributed by atoms with E-state index in [1.165, 1.54) is 4.90 Å². The SMILES string of the molecule is CC(C)CN(CCC(=O)O)C(=O)CCC(=O)c1ccccc1. The standard InChI is InChI=1S/C17H23NO4/c1-13(2)12-18(11-10-17(21)22)16(20)9-8-15(19)14-6-4-3-5-7-14/h3-7,13H,8-12H2,1-2H3,(H,21,22). The Kier molecular flexibility index (Phi) is 7.29. The molecule has 1 rings (SSSR count). The Morgan fingerprint density at radius 3 is 2.23 bits per heavy atom. The van der Waals surface area contributed by atoms with Gasteiger partial charge in [0.1, 0.15) is 0 Å². The molecule has 0 radical (unpaired) electrons. The number of hydrogen-bond donors (Lipinski definition) is 1. The number of aliphatic carboxylic acids is 1. The second-order valence-electron chi connectivity index (χ2n) is 5.67. The van der Waals surface area contributed by atoms with Crippen molar-refractivity contribution in [2.24, 2.45) is 5.92 Å². The minimum Gasteiger partial charge on any atom is -0.481 e. The summed E-state index contributed by atoms with van der Waals surface area (Å²) in [6.07, 6.45) is 0.176. The first-order chi connectivity index (χ1) is 10.4. The molecule has 1 aromatic rings. The van der Waals surface area contributed by atoms with Crippen molar-refractivity contribution in [3.63, 3.8) is 0 Å². The molecule has 0 bridgehead atoms. The van der Waals surface area contributed by atoms with Crippen LogP contribution in [0.15, 0.2) is 30.3 Å². The molecule has 22 heavy (non-hydrogen) atoms. The first-order valence-electron chi connectivity index (χ1n) is 7.48. The molecule has 0 aliphatic carbocycles. The van der Waals surface area contributed by atoms with E-state index in [9.17, 15) is 14.4 Å². The van der Waals surface area contributed by atoms with Gasteiger partial charge < -0.3 is 10.0 Å². The van der Waals surface area contributed by atoms with Gasteiger partial charge in [0.2, 0.25) is 5.91 Å². The predicted molar refractivity (Wildman–Crippen MR) is 83.7 cm³/mol. The van der Waals surface area contributed by atoms with Gasteiger partial charge in [-0.25, -0.2) is 0 Å². The summed E-state index contributed by atoms with van der Waals surface area (Å²) in [5.74, 6) is -0.916. The van der Waals surface area contributed by atoms with Crippen LogP contribution in [0.1, 0.15) is 43.5 Å². The molecule has 0 heterocycles. The van der Waals surface area contributed by atoms with Gasteiger partial charge in [0.05, 0.1) is 6.42 Å². The van der Waals surface area contributed by atoms with Crippen LogP contribution in [0.4, 0.5) is 0 Å². The molecule has 120 valence electrons. The third-order valence-corrected chi connectivity index (χ3v) is 3.20. The van der Waals surface area contributed by atoms with E-state index in [0.717, 1.165) is 0 Å². The molecule has 0 saturated carbocycles. The summed E-state index contributed by atoms with van der Waals surface area (Å²) in [7, 11) is 0. The molecule has 1 amide bonds. The summed E-state index contributed by atoms with van der Waals surface area (Å²) in [6, 6.07) is 8.85. The van der Waals surface area contributed by atoms with Crippen molar-refractivity contribution in [2.45, 2.75) is 33.1 Å². The summed E-state index contributed by atoms with van der Waals surface area (Å²) < 4.78 is 0. The maximum Gasteiger partial charge on any atom is 0.305 e. The van der Waals surface area contributed by atoms with Crippen molar-refractivity contribution in [1.82, 2.24) is 4.90 Å². The van der Waals surface area contributed by atoms with Gasteiger partial charge in [0.25, 0.3) is 0 Å². The van der Waals surface area contributed by atoms with Crippen LogP contribution in [0.25, 0.3) is 0 Å². The smallest absolute Gasteiger partial charge is 0.305 e. The predicted octanol–water partition coefficient (Wildman–Crippen LogP) is 2.61. The second kappa shape index (κ2) is 8.97. The summed E-state index contributed by atoms with van der Waals surface area (Å²) in [5, 5.41) is 8.75. The molecular formula is C17H23NO4. The van der Waals surface area contributed by atoms with Crippen LogP contribution in [-0.4, -0.2) is 40.8 Å². The molecule has 0 aromatic heterocycles. The molecule has 1 N–H and O–H groups in total. The topological polar surface area (TPSA) is 74.7 Å². The van der Waals surface area contributed by atoms with Gasteiger partial charge in [-0.2, -0.15) is 0 Å². The van der Waals surface area contributed by atoms with E-state index in [0.29, 0.717) is 12.1 Å². The van der Waals surface area contributed by atoms with Crippen LogP contribution in [0, 0.1) is 5.92 Å². The van der Waals surface area contributed by atoms with Crippen LogP contribution in [0.3, 0.4) is 0 Å². The monoisotopic (exact) mass is 305 g/mol. The van der Waals surface area contributed by atoms with E-state index in [4.69, 9.17) is 5.11 Å². The number of ketones is 1. The second-order valence-corrected chi connectivity index (χ2v) is 5.67. The summed E-state index contributed by atoms with van der Waals surface area (Å²) in [6.45, 7) is 4.63. The summed E-state index contributed by atoms with van der Waals surface area (Å²) >= 11 is 0. The van der Waals surface area contributed by atoms with Crippen LogP contribution < -0.4 is 0 Å². The van der Waals surface area contributed by atoms with Gasteiger partial charge >= 0.3 is 5.97 Å². The number of nitrogens with zero attached hydrogens (tertiary/aromatic N) is 1. The van der Waals surface area contributed by atoms with E-state index in [2.05, 4.69) is 0 Å². The van der Waals surface area contributed by atoms with Crippen molar-refractivity contribution in [1.29, 1.82) is 0 Å². The average molecular weight is 305 g/mol. The van der Waals surface area contributed by atoms with Crippen LogP contribution in [0.5, 0.6) is 0 Å². The number of carboxylic acids is 1. The maximum absolute atomic E-state index is 12.2. The molecular weight excluding hydrogens is 282 g/mol. The average Bonchev–Trinajstić information content (AvgIpc) is 2.49. The first-order valence-corrected chi connectivity index (χ1v) is 7.48. The molecule has 0 atom stereocenters. The van der Waals surface area contributed by atoms with Crippen LogP contribution >= 0.6 is 0 Å². The zero-order valence-corrected chi connectivity index (χ0v) is 13.1. The van der Waals surface area contributed by atoms with E-state index in [1.54, 1.807) is 24.3 Å². The van der Waals surface area contributed by atoms with Gasteiger partial charge in [-0.1, -0.05) is 44.2 Å². The fourth-order valence-corrected chi connectivity index (χ4v) is 2.14. The zero-order valence-electron chi connectivity index (χ0n) is 13.1. The van der Waals surface area contributed by atoms with Crippen LogP contribution in [-0.2, 0) is 9.59 Å². The Morgan fingerprint density at radius 1 is 1.05 bits per heavy atom. The lowest BCUT2D eigenvalue weighted by molar-refractivity contribution is -0.138. The van der Waals surface area contributed by atoms with Crippen molar-refractivity contribution in [3.8, 4) is 0 Å². The minimum absolute atomic E-state index is 0.0725. The number of rotatable bonds is 9. The third kappa shape index (κ3) is 6.52. The van der Waals surface area contributed by atoms with Gasteiger partial charge in [-0.05, 0) is 5.92 Å². The Morgan fingerprint density at radius 2 is 1.68 bits per heavy atom. The molecule has 0 fully saturated rings. The third-order valence-electron chi connectivity index (χ3n) is 3.20. The Labute approximate surface area is 130 Å². The number of carbonyl (C=O) groups is 3. The van der Waals surface area contributed by atoms with E-state index >= 15 is 0 Å². The molecule has 0 saturated heterocycles. The van der Waals surface area contributed by atoms with Crippen LogP contribution in [0.2, 0.25) is 0 Å². The Hall–Kier alpha value is -2.17. The Bertz CT molecular complexity index is 511. The highest BCUT2D eigenvalue weighted by Gasteiger charge is 2.17. The maximum atomic E-state index is 12.2. The first kappa shape index (κ1) is 17.9. The van der Waals surface area contributed by atoms with Gasteiger partial charge in [0.15, 0.2) is 5.78 Å². The fourth-order valence-electron chi connectivity index (χ4n) is 2.14. The van der Waals surface area contributed by atoms with E-state index in [-0.39, 0.29) is 43.4 Å². The van der Waals surface area contributed by atoms with Gasteiger partial charge in [-0.15, -0.1) is 0 Å². The highest BCUT2D eigenvalue weighted by Crippen LogP contribution is 2.09. The lowest BCUT2D eigenvalue weighted by Crippen LogP contribution is -2.36. The number of Topliss-reactive ketones (excluding diaryl/α,β-unsaturated/α-hetero) is 1. The van der Waals surface area contributed by atoms with E-state index in [1.807, 2.05) is 19.9 Å². The molecule has 0 spiro atoms. The number of amides is 1. The van der Waals surface area contributed by atoms with Crippen molar-refractivity contribution in [3.05, 3.63) is 35.9 Å². The van der Waals surface area contributed by atoms with Gasteiger partial charge in [-0.3, -0.25) is 14.4 Å². The molecule has 0 aliphatic rings. The number of benzene rings is 1. The molecule has 5 nitrogen and oxygen atoms in total. The molecule has 5 heteroatoms. The molecule has 1 aromatic carbocycles.